The van der Waals surface area contributed by atoms with Crippen molar-refractivity contribution in [2.45, 2.75) is 20.4 Å². The predicted octanol–water partition coefficient (Wildman–Crippen LogP) is 3.34. The van der Waals surface area contributed by atoms with Crippen molar-refractivity contribution in [1.82, 2.24) is 24.1 Å². The highest BCUT2D eigenvalue weighted by Crippen LogP contribution is 2.31. The molecule has 3 N–H and O–H groups in total. The second kappa shape index (κ2) is 8.23. The molecule has 0 aliphatic carbocycles. The van der Waals surface area contributed by atoms with Gasteiger partial charge in [0, 0.05) is 24.5 Å². The van der Waals surface area contributed by atoms with E-state index < -0.39 is 0 Å². The lowest BCUT2D eigenvalue weighted by Gasteiger charge is -2.19. The van der Waals surface area contributed by atoms with Crippen molar-refractivity contribution in [3.63, 3.8) is 0 Å². The van der Waals surface area contributed by atoms with Gasteiger partial charge in [-0.2, -0.15) is 10.2 Å². The number of hydrogen-bond donors (Lipinski definition) is 2. The quantitative estimate of drug-likeness (QED) is 0.412. The molecule has 3 aromatic heterocycles. The molecule has 1 aliphatic heterocycles. The van der Waals surface area contributed by atoms with Gasteiger partial charge in [0.15, 0.2) is 0 Å². The summed E-state index contributed by atoms with van der Waals surface area (Å²) in [5.41, 5.74) is 12.2. The maximum absolute atomic E-state index is 14.0. The van der Waals surface area contributed by atoms with Gasteiger partial charge >= 0.3 is 0 Å². The summed E-state index contributed by atoms with van der Waals surface area (Å²) >= 11 is 0. The first kappa shape index (κ1) is 21.8. The highest BCUT2D eigenvalue weighted by Gasteiger charge is 2.26. The van der Waals surface area contributed by atoms with Gasteiger partial charge in [0.25, 0.3) is 5.56 Å². The van der Waals surface area contributed by atoms with Crippen molar-refractivity contribution >= 4 is 22.4 Å². The Morgan fingerprint density at radius 1 is 1.08 bits per heavy atom. The summed E-state index contributed by atoms with van der Waals surface area (Å²) < 4.78 is 5.40. The van der Waals surface area contributed by atoms with Gasteiger partial charge < -0.3 is 11.1 Å². The fourth-order valence-corrected chi connectivity index (χ4v) is 4.96. The monoisotopic (exact) mass is 478 g/mol. The van der Waals surface area contributed by atoms with E-state index in [1.165, 1.54) is 0 Å². The van der Waals surface area contributed by atoms with Gasteiger partial charge in [0.05, 0.1) is 29.4 Å². The van der Waals surface area contributed by atoms with Crippen molar-refractivity contribution in [3.8, 4) is 16.9 Å². The number of amidine groups is 1. The number of fused-ring (bicyclic) bond motifs is 2. The van der Waals surface area contributed by atoms with Gasteiger partial charge in [-0.1, -0.05) is 36.4 Å². The van der Waals surface area contributed by atoms with Gasteiger partial charge in [-0.25, -0.2) is 9.67 Å². The number of nitrogens with two attached hydrogens (primary N) is 1. The van der Waals surface area contributed by atoms with E-state index in [0.717, 1.165) is 50.2 Å². The molecular formula is C27H26N8O. The average Bonchev–Trinajstić information content (AvgIpc) is 3.44. The summed E-state index contributed by atoms with van der Waals surface area (Å²) in [6, 6.07) is 15.9. The first-order valence-corrected chi connectivity index (χ1v) is 11.8. The first-order chi connectivity index (χ1) is 17.4. The molecule has 0 bridgehead atoms. The Morgan fingerprint density at radius 3 is 2.67 bits per heavy atom. The summed E-state index contributed by atoms with van der Waals surface area (Å²) in [4.78, 5) is 18.3. The van der Waals surface area contributed by atoms with E-state index in [1.807, 2.05) is 78.8 Å². The molecule has 9 nitrogen and oxygen atoms in total. The van der Waals surface area contributed by atoms with Crippen LogP contribution in [0.1, 0.15) is 22.4 Å². The minimum absolute atomic E-state index is 0.0440. The van der Waals surface area contributed by atoms with Crippen LogP contribution in [0.5, 0.6) is 0 Å². The summed E-state index contributed by atoms with van der Waals surface area (Å²) in [6.07, 6.45) is 3.66. The number of para-hydroxylation sites is 1. The number of nitrogens with one attached hydrogen (secondary N) is 1. The van der Waals surface area contributed by atoms with Crippen molar-refractivity contribution in [2.24, 2.45) is 17.8 Å². The van der Waals surface area contributed by atoms with E-state index in [-0.39, 0.29) is 5.56 Å². The summed E-state index contributed by atoms with van der Waals surface area (Å²) in [7, 11) is 1.86. The molecule has 5 aromatic rings. The highest BCUT2D eigenvalue weighted by atomic mass is 16.1. The smallest absolute Gasteiger partial charge is 0.263 e. The number of aryl methyl sites for hydroxylation is 3. The lowest BCUT2D eigenvalue weighted by molar-refractivity contribution is 0.660. The van der Waals surface area contributed by atoms with Crippen LogP contribution in [0.2, 0.25) is 0 Å². The number of aromatic nitrogens is 5. The number of hydrogen-bond acceptors (Lipinski definition) is 6. The number of aliphatic imine (C=N–C) groups is 1. The lowest BCUT2D eigenvalue weighted by atomic mass is 10.1. The number of benzene rings is 2. The number of rotatable bonds is 4. The minimum atomic E-state index is -0.0440. The van der Waals surface area contributed by atoms with Crippen molar-refractivity contribution in [2.75, 3.05) is 12.0 Å². The molecule has 0 atom stereocenters. The van der Waals surface area contributed by atoms with Crippen LogP contribution in [0, 0.1) is 13.8 Å². The van der Waals surface area contributed by atoms with E-state index in [4.69, 9.17) is 10.8 Å². The zero-order valence-electron chi connectivity index (χ0n) is 20.4. The summed E-state index contributed by atoms with van der Waals surface area (Å²) in [6.45, 7) is 4.71. The molecule has 0 spiro atoms. The van der Waals surface area contributed by atoms with E-state index >= 15 is 0 Å². The summed E-state index contributed by atoms with van der Waals surface area (Å²) in [5, 5.41) is 14.2. The third-order valence-corrected chi connectivity index (χ3v) is 6.68. The van der Waals surface area contributed by atoms with E-state index in [0.29, 0.717) is 24.7 Å². The Balaban J connectivity index is 1.60. The second-order valence-corrected chi connectivity index (χ2v) is 9.11. The van der Waals surface area contributed by atoms with Crippen LogP contribution in [0.25, 0.3) is 27.7 Å². The van der Waals surface area contributed by atoms with Crippen molar-refractivity contribution in [3.05, 3.63) is 93.7 Å². The van der Waals surface area contributed by atoms with E-state index in [9.17, 15) is 4.79 Å². The minimum Gasteiger partial charge on any atom is -0.383 e. The van der Waals surface area contributed by atoms with Gasteiger partial charge in [0.1, 0.15) is 24.0 Å². The third kappa shape index (κ3) is 3.39. The zero-order valence-corrected chi connectivity index (χ0v) is 20.4. The standard InChI is InChI=1S/C27H26N8O/c1-16-7-4-5-10-21(16)35-20(11-18-9-6-8-17(2)22(18)27(35)36)14-34-26-23(25(28)29-15-30-26)24(32-34)19-12-31-33(3)13-19/h4-13,30H,14-15H2,1-3H3,(H2,28,29). The zero-order chi connectivity index (χ0) is 25.0. The molecule has 6 rings (SSSR count). The number of anilines is 1. The van der Waals surface area contributed by atoms with Crippen LogP contribution in [-0.4, -0.2) is 36.6 Å². The number of pyridine rings is 1. The molecule has 0 unspecified atom stereocenters. The Morgan fingerprint density at radius 2 is 1.89 bits per heavy atom. The van der Waals surface area contributed by atoms with Crippen LogP contribution in [0.4, 0.5) is 5.82 Å². The Hall–Kier alpha value is -4.66. The van der Waals surface area contributed by atoms with Gasteiger partial charge in [-0.15, -0.1) is 0 Å². The molecule has 0 saturated carbocycles. The van der Waals surface area contributed by atoms with Crippen LogP contribution >= 0.6 is 0 Å². The van der Waals surface area contributed by atoms with Gasteiger partial charge in [-0.05, 0) is 42.5 Å². The van der Waals surface area contributed by atoms with Crippen molar-refractivity contribution < 1.29 is 0 Å². The molecule has 0 fully saturated rings. The largest absolute Gasteiger partial charge is 0.383 e. The maximum Gasteiger partial charge on any atom is 0.263 e. The van der Waals surface area contributed by atoms with Gasteiger partial charge in [0.2, 0.25) is 0 Å². The fourth-order valence-electron chi connectivity index (χ4n) is 4.96. The SMILES string of the molecule is Cc1ccccc1-n1c(Cn2nc(-c3cnn(C)c3)c3c2NCN=C3N)cc2cccc(C)c2c1=O. The fraction of sp³-hybridized carbons (Fsp3) is 0.185. The molecule has 36 heavy (non-hydrogen) atoms. The average molecular weight is 479 g/mol. The van der Waals surface area contributed by atoms with E-state index in [1.54, 1.807) is 10.9 Å². The second-order valence-electron chi connectivity index (χ2n) is 9.11. The molecule has 2 aromatic carbocycles. The normalized spacial score (nSPS) is 12.9. The predicted molar refractivity (Wildman–Crippen MR) is 142 cm³/mol. The third-order valence-electron chi connectivity index (χ3n) is 6.68. The van der Waals surface area contributed by atoms with Crippen LogP contribution in [0.3, 0.4) is 0 Å². The van der Waals surface area contributed by atoms with Gasteiger partial charge in [-0.3, -0.25) is 14.0 Å². The Kier molecular flexibility index (Phi) is 4.99. The number of nitrogens with zero attached hydrogens (tertiary/aromatic N) is 6. The van der Waals surface area contributed by atoms with Crippen LogP contribution in [-0.2, 0) is 13.6 Å². The Labute approximate surface area is 207 Å². The molecular weight excluding hydrogens is 452 g/mol. The molecule has 0 amide bonds. The summed E-state index contributed by atoms with van der Waals surface area (Å²) in [5.74, 6) is 1.20. The van der Waals surface area contributed by atoms with Crippen LogP contribution < -0.4 is 16.6 Å². The maximum atomic E-state index is 14.0. The molecule has 180 valence electrons. The highest BCUT2D eigenvalue weighted by molar-refractivity contribution is 6.08. The van der Waals surface area contributed by atoms with E-state index in [2.05, 4.69) is 21.5 Å². The molecule has 0 radical (unpaired) electrons. The molecule has 4 heterocycles. The molecule has 9 heteroatoms. The van der Waals surface area contributed by atoms with Crippen LogP contribution in [0.15, 0.2) is 70.7 Å². The lowest BCUT2D eigenvalue weighted by Crippen LogP contribution is -2.26. The molecule has 0 saturated heterocycles. The molecule has 1 aliphatic rings. The first-order valence-electron chi connectivity index (χ1n) is 11.8. The topological polar surface area (TPSA) is 108 Å². The Bertz CT molecular complexity index is 1740. The van der Waals surface area contributed by atoms with Crippen molar-refractivity contribution in [1.29, 1.82) is 0 Å².